The van der Waals surface area contributed by atoms with E-state index in [4.69, 9.17) is 4.42 Å². The van der Waals surface area contributed by atoms with Crippen molar-refractivity contribution in [1.82, 2.24) is 20.0 Å². The molecule has 3 heterocycles. The Kier molecular flexibility index (Phi) is 4.43. The van der Waals surface area contributed by atoms with E-state index in [1.165, 1.54) is 6.92 Å². The minimum atomic E-state index is -0.159. The lowest BCUT2D eigenvalue weighted by atomic mass is 10.0. The van der Waals surface area contributed by atoms with Crippen molar-refractivity contribution < 1.29 is 14.0 Å². The first kappa shape index (κ1) is 17.3. The first-order valence-corrected chi connectivity index (χ1v) is 9.03. The smallest absolute Gasteiger partial charge is 0.244 e. The van der Waals surface area contributed by atoms with Crippen LogP contribution in [-0.2, 0) is 16.1 Å². The van der Waals surface area contributed by atoms with Crippen LogP contribution >= 0.6 is 0 Å². The topological polar surface area (TPSA) is 80.4 Å². The van der Waals surface area contributed by atoms with Gasteiger partial charge in [-0.15, -0.1) is 0 Å². The number of hydrogen-bond donors (Lipinski definition) is 1. The van der Waals surface area contributed by atoms with Crippen LogP contribution in [0.3, 0.4) is 0 Å². The van der Waals surface area contributed by atoms with E-state index < -0.39 is 0 Å². The Labute approximate surface area is 156 Å². The van der Waals surface area contributed by atoms with E-state index in [1.54, 1.807) is 9.58 Å². The van der Waals surface area contributed by atoms with Crippen molar-refractivity contribution in [3.8, 4) is 0 Å². The van der Waals surface area contributed by atoms with Gasteiger partial charge in [0.1, 0.15) is 18.1 Å². The number of benzene rings is 1. The molecule has 0 unspecified atom stereocenters. The van der Waals surface area contributed by atoms with Crippen molar-refractivity contribution in [3.63, 3.8) is 0 Å². The SMILES string of the molecule is CC(=O)N[C@@H]1CN(C(=O)Cn2cc3ccccc3n2)C[C@H]1c1ccc(C)o1. The highest BCUT2D eigenvalue weighted by Crippen LogP contribution is 2.29. The summed E-state index contributed by atoms with van der Waals surface area (Å²) in [7, 11) is 0. The van der Waals surface area contributed by atoms with Gasteiger partial charge in [0.25, 0.3) is 0 Å². The number of aryl methyl sites for hydroxylation is 1. The molecule has 4 rings (SSSR count). The van der Waals surface area contributed by atoms with Crippen LogP contribution in [-0.4, -0.2) is 45.6 Å². The van der Waals surface area contributed by atoms with E-state index in [-0.39, 0.29) is 30.3 Å². The molecule has 0 radical (unpaired) electrons. The molecule has 0 spiro atoms. The average molecular weight is 366 g/mol. The first-order chi connectivity index (χ1) is 13.0. The van der Waals surface area contributed by atoms with Crippen LogP contribution in [0.1, 0.15) is 24.4 Å². The number of likely N-dealkylation sites (tertiary alicyclic amines) is 1. The van der Waals surface area contributed by atoms with Gasteiger partial charge in [-0.3, -0.25) is 14.3 Å². The minimum absolute atomic E-state index is 0.0241. The Hall–Kier alpha value is -3.09. The molecule has 2 aromatic heterocycles. The van der Waals surface area contributed by atoms with Gasteiger partial charge in [-0.2, -0.15) is 5.10 Å². The maximum atomic E-state index is 12.8. The normalized spacial score (nSPS) is 19.6. The van der Waals surface area contributed by atoms with Crippen molar-refractivity contribution in [3.05, 3.63) is 54.1 Å². The number of fused-ring (bicyclic) bond motifs is 1. The summed E-state index contributed by atoms with van der Waals surface area (Å²) in [5.41, 5.74) is 0.867. The number of nitrogens with one attached hydrogen (secondary N) is 1. The number of carbonyl (C=O) groups excluding carboxylic acids is 2. The van der Waals surface area contributed by atoms with Crippen molar-refractivity contribution in [2.75, 3.05) is 13.1 Å². The summed E-state index contributed by atoms with van der Waals surface area (Å²) >= 11 is 0. The van der Waals surface area contributed by atoms with E-state index in [2.05, 4.69) is 10.4 Å². The van der Waals surface area contributed by atoms with Gasteiger partial charge < -0.3 is 14.6 Å². The van der Waals surface area contributed by atoms with E-state index in [0.29, 0.717) is 13.1 Å². The lowest BCUT2D eigenvalue weighted by Gasteiger charge is -2.17. The van der Waals surface area contributed by atoms with Crippen LogP contribution in [0.4, 0.5) is 0 Å². The van der Waals surface area contributed by atoms with E-state index in [0.717, 1.165) is 22.4 Å². The van der Waals surface area contributed by atoms with Crippen molar-refractivity contribution >= 4 is 22.7 Å². The lowest BCUT2D eigenvalue weighted by molar-refractivity contribution is -0.131. The number of aromatic nitrogens is 2. The van der Waals surface area contributed by atoms with Crippen molar-refractivity contribution in [2.45, 2.75) is 32.4 Å². The number of amides is 2. The summed E-state index contributed by atoms with van der Waals surface area (Å²) in [5.74, 6) is 1.43. The highest BCUT2D eigenvalue weighted by molar-refractivity contribution is 5.80. The van der Waals surface area contributed by atoms with Gasteiger partial charge >= 0.3 is 0 Å². The summed E-state index contributed by atoms with van der Waals surface area (Å²) < 4.78 is 7.43. The van der Waals surface area contributed by atoms with Crippen molar-refractivity contribution in [1.29, 1.82) is 0 Å². The molecule has 27 heavy (non-hydrogen) atoms. The molecule has 3 aromatic rings. The largest absolute Gasteiger partial charge is 0.466 e. The zero-order chi connectivity index (χ0) is 19.0. The molecule has 2 amide bonds. The molecule has 1 aliphatic heterocycles. The Bertz CT molecular complexity index is 957. The Morgan fingerprint density at radius 1 is 1.22 bits per heavy atom. The van der Waals surface area contributed by atoms with Crippen LogP contribution in [0.15, 0.2) is 47.0 Å². The third-order valence-corrected chi connectivity index (χ3v) is 4.95. The van der Waals surface area contributed by atoms with E-state index >= 15 is 0 Å². The van der Waals surface area contributed by atoms with E-state index in [1.807, 2.05) is 49.5 Å². The average Bonchev–Trinajstić information content (AvgIpc) is 3.31. The van der Waals surface area contributed by atoms with Crippen molar-refractivity contribution in [2.24, 2.45) is 0 Å². The van der Waals surface area contributed by atoms with Crippen LogP contribution in [0, 0.1) is 6.92 Å². The second kappa shape index (κ2) is 6.90. The number of furan rings is 1. The van der Waals surface area contributed by atoms with Gasteiger partial charge in [0, 0.05) is 31.6 Å². The zero-order valence-corrected chi connectivity index (χ0v) is 15.4. The Morgan fingerprint density at radius 3 is 2.74 bits per heavy atom. The minimum Gasteiger partial charge on any atom is -0.466 e. The molecule has 0 aliphatic carbocycles. The number of nitrogens with zero attached hydrogens (tertiary/aromatic N) is 3. The van der Waals surface area contributed by atoms with E-state index in [9.17, 15) is 9.59 Å². The number of hydrogen-bond acceptors (Lipinski definition) is 4. The lowest BCUT2D eigenvalue weighted by Crippen LogP contribution is -2.39. The molecule has 1 aliphatic rings. The number of rotatable bonds is 4. The van der Waals surface area contributed by atoms with Gasteiger partial charge in [-0.1, -0.05) is 18.2 Å². The van der Waals surface area contributed by atoms with Crippen LogP contribution in [0.5, 0.6) is 0 Å². The molecular formula is C20H22N4O3. The highest BCUT2D eigenvalue weighted by atomic mass is 16.3. The first-order valence-electron chi connectivity index (χ1n) is 9.03. The predicted octanol–water partition coefficient (Wildman–Crippen LogP) is 2.07. The molecule has 1 N–H and O–H groups in total. The fourth-order valence-corrected chi connectivity index (χ4v) is 3.69. The highest BCUT2D eigenvalue weighted by Gasteiger charge is 2.38. The van der Waals surface area contributed by atoms with Gasteiger partial charge in [-0.05, 0) is 25.1 Å². The summed E-state index contributed by atoms with van der Waals surface area (Å²) in [6.45, 7) is 4.52. The summed E-state index contributed by atoms with van der Waals surface area (Å²) in [5, 5.41) is 8.41. The monoisotopic (exact) mass is 366 g/mol. The molecule has 0 bridgehead atoms. The number of carbonyl (C=O) groups is 2. The van der Waals surface area contributed by atoms with Gasteiger partial charge in [0.15, 0.2) is 0 Å². The van der Waals surface area contributed by atoms with Gasteiger partial charge in [0.05, 0.1) is 17.5 Å². The molecule has 7 nitrogen and oxygen atoms in total. The predicted molar refractivity (Wildman–Crippen MR) is 100 cm³/mol. The van der Waals surface area contributed by atoms with Gasteiger partial charge in [-0.25, -0.2) is 0 Å². The quantitative estimate of drug-likeness (QED) is 0.766. The molecular weight excluding hydrogens is 344 g/mol. The van der Waals surface area contributed by atoms with Crippen LogP contribution < -0.4 is 5.32 Å². The molecule has 2 atom stereocenters. The summed E-state index contributed by atoms with van der Waals surface area (Å²) in [6, 6.07) is 11.4. The standard InChI is InChI=1S/C20H22N4O3/c1-13-7-8-19(27-13)16-10-23(11-18(16)21-14(2)25)20(26)12-24-9-15-5-3-4-6-17(15)22-24/h3-9,16,18H,10-12H2,1-2H3,(H,21,25)/t16-,18-/m1/s1. The fourth-order valence-electron chi connectivity index (χ4n) is 3.69. The summed E-state index contributed by atoms with van der Waals surface area (Å²) in [4.78, 5) is 26.2. The van der Waals surface area contributed by atoms with Crippen LogP contribution in [0.2, 0.25) is 0 Å². The molecule has 1 fully saturated rings. The second-order valence-electron chi connectivity index (χ2n) is 7.05. The molecule has 0 saturated carbocycles. The van der Waals surface area contributed by atoms with Crippen LogP contribution in [0.25, 0.3) is 10.9 Å². The Morgan fingerprint density at radius 2 is 2.04 bits per heavy atom. The molecule has 1 saturated heterocycles. The third-order valence-electron chi connectivity index (χ3n) is 4.95. The fraction of sp³-hybridized carbons (Fsp3) is 0.350. The second-order valence-corrected chi connectivity index (χ2v) is 7.05. The molecule has 1 aromatic carbocycles. The third kappa shape index (κ3) is 3.58. The Balaban J connectivity index is 1.50. The zero-order valence-electron chi connectivity index (χ0n) is 15.4. The maximum Gasteiger partial charge on any atom is 0.244 e. The molecule has 7 heteroatoms. The van der Waals surface area contributed by atoms with Gasteiger partial charge in [0.2, 0.25) is 11.8 Å². The summed E-state index contributed by atoms with van der Waals surface area (Å²) in [6.07, 6.45) is 1.88. The molecule has 140 valence electrons. The maximum absolute atomic E-state index is 12.8.